The Morgan fingerprint density at radius 2 is 1.82 bits per heavy atom. The molecule has 150 valence electrons. The molecule has 28 heavy (non-hydrogen) atoms. The smallest absolute Gasteiger partial charge is 0.193 e. The molecule has 1 N–H and O–H groups in total. The highest BCUT2D eigenvalue weighted by molar-refractivity contribution is 5.80. The van der Waals surface area contributed by atoms with Crippen molar-refractivity contribution in [1.29, 1.82) is 0 Å². The molecule has 0 radical (unpaired) electrons. The van der Waals surface area contributed by atoms with Crippen LogP contribution in [0.5, 0.6) is 5.75 Å². The zero-order chi connectivity index (χ0) is 19.9. The van der Waals surface area contributed by atoms with Gasteiger partial charge in [0.15, 0.2) is 17.6 Å². The van der Waals surface area contributed by atoms with Crippen LogP contribution < -0.4 is 15.0 Å². The fourth-order valence-electron chi connectivity index (χ4n) is 3.43. The topological polar surface area (TPSA) is 40.1 Å². The van der Waals surface area contributed by atoms with Crippen molar-refractivity contribution in [3.63, 3.8) is 0 Å². The van der Waals surface area contributed by atoms with Gasteiger partial charge in [-0.3, -0.25) is 4.99 Å². The van der Waals surface area contributed by atoms with E-state index in [2.05, 4.69) is 26.2 Å². The van der Waals surface area contributed by atoms with Crippen molar-refractivity contribution >= 4 is 11.6 Å². The maximum Gasteiger partial charge on any atom is 0.193 e. The number of anilines is 1. The molecule has 0 unspecified atom stereocenters. The van der Waals surface area contributed by atoms with Gasteiger partial charge in [0.1, 0.15) is 5.75 Å². The van der Waals surface area contributed by atoms with Crippen LogP contribution in [-0.4, -0.2) is 57.7 Å². The first-order valence-corrected chi connectivity index (χ1v) is 9.40. The average molecular weight is 388 g/mol. The van der Waals surface area contributed by atoms with E-state index in [9.17, 15) is 8.78 Å². The predicted molar refractivity (Wildman–Crippen MR) is 108 cm³/mol. The van der Waals surface area contributed by atoms with Crippen LogP contribution in [0.1, 0.15) is 5.56 Å². The number of nitrogens with zero attached hydrogens (tertiary/aromatic N) is 3. The first-order valence-electron chi connectivity index (χ1n) is 9.40. The van der Waals surface area contributed by atoms with E-state index in [1.54, 1.807) is 20.2 Å². The lowest BCUT2D eigenvalue weighted by atomic mass is 10.1. The van der Waals surface area contributed by atoms with Gasteiger partial charge in [0, 0.05) is 39.8 Å². The summed E-state index contributed by atoms with van der Waals surface area (Å²) in [5.41, 5.74) is 1.46. The van der Waals surface area contributed by atoms with Crippen molar-refractivity contribution in [2.45, 2.75) is 6.42 Å². The molecule has 0 bridgehead atoms. The summed E-state index contributed by atoms with van der Waals surface area (Å²) in [7, 11) is 3.42. The highest BCUT2D eigenvalue weighted by atomic mass is 19.2. The van der Waals surface area contributed by atoms with Crippen molar-refractivity contribution < 1.29 is 13.5 Å². The molecule has 1 heterocycles. The molecule has 0 atom stereocenters. The fraction of sp³-hybridized carbons (Fsp3) is 0.381. The Bertz CT molecular complexity index is 820. The minimum absolute atomic E-state index is 0.365. The van der Waals surface area contributed by atoms with E-state index >= 15 is 0 Å². The molecule has 7 heteroatoms. The lowest BCUT2D eigenvalue weighted by Gasteiger charge is -2.38. The predicted octanol–water partition coefficient (Wildman–Crippen LogP) is 2.91. The lowest BCUT2D eigenvalue weighted by molar-refractivity contribution is 0.367. The molecule has 2 aromatic carbocycles. The molecular formula is C21H26F2N4O. The van der Waals surface area contributed by atoms with Gasteiger partial charge >= 0.3 is 0 Å². The molecule has 0 saturated carbocycles. The Balaban J connectivity index is 1.53. The standard InChI is InChI=1S/C21H26F2N4O/c1-24-21(25-11-10-16-6-5-7-17(22)20(16)23)27-14-12-26(13-15-27)18-8-3-4-9-19(18)28-2/h3-9H,10-15H2,1-2H3,(H,24,25). The lowest BCUT2D eigenvalue weighted by Crippen LogP contribution is -2.52. The Morgan fingerprint density at radius 1 is 1.07 bits per heavy atom. The molecule has 5 nitrogen and oxygen atoms in total. The molecule has 2 aromatic rings. The minimum atomic E-state index is -0.811. The number of methoxy groups -OCH3 is 1. The van der Waals surface area contributed by atoms with Crippen molar-refractivity contribution in [3.8, 4) is 5.75 Å². The Labute approximate surface area is 164 Å². The van der Waals surface area contributed by atoms with Crippen LogP contribution >= 0.6 is 0 Å². The maximum absolute atomic E-state index is 13.8. The molecule has 0 amide bonds. The fourth-order valence-corrected chi connectivity index (χ4v) is 3.43. The van der Waals surface area contributed by atoms with Gasteiger partial charge in [0.25, 0.3) is 0 Å². The monoisotopic (exact) mass is 388 g/mol. The molecule has 1 aliphatic rings. The van der Waals surface area contributed by atoms with Crippen LogP contribution in [0.3, 0.4) is 0 Å². The molecule has 1 aliphatic heterocycles. The summed E-state index contributed by atoms with van der Waals surface area (Å²) in [6, 6.07) is 12.3. The van der Waals surface area contributed by atoms with Crippen molar-refractivity contribution in [3.05, 3.63) is 59.7 Å². The first-order chi connectivity index (χ1) is 13.6. The van der Waals surface area contributed by atoms with Crippen LogP contribution in [0.2, 0.25) is 0 Å². The van der Waals surface area contributed by atoms with Gasteiger partial charge in [-0.1, -0.05) is 24.3 Å². The third-order valence-corrected chi connectivity index (χ3v) is 4.93. The van der Waals surface area contributed by atoms with Gasteiger partial charge in [-0.25, -0.2) is 8.78 Å². The number of benzene rings is 2. The van der Waals surface area contributed by atoms with Crippen molar-refractivity contribution in [2.75, 3.05) is 51.8 Å². The normalized spacial score (nSPS) is 14.9. The van der Waals surface area contributed by atoms with E-state index in [0.717, 1.165) is 49.6 Å². The van der Waals surface area contributed by atoms with Gasteiger partial charge in [-0.15, -0.1) is 0 Å². The van der Waals surface area contributed by atoms with Crippen molar-refractivity contribution in [1.82, 2.24) is 10.2 Å². The minimum Gasteiger partial charge on any atom is -0.495 e. The number of aliphatic imine (C=N–C) groups is 1. The molecule has 0 spiro atoms. The second kappa shape index (κ2) is 9.39. The highest BCUT2D eigenvalue weighted by Gasteiger charge is 2.21. The highest BCUT2D eigenvalue weighted by Crippen LogP contribution is 2.28. The first kappa shape index (κ1) is 19.9. The number of guanidine groups is 1. The number of ether oxygens (including phenoxy) is 1. The molecule has 1 saturated heterocycles. The molecule has 3 rings (SSSR count). The van der Waals surface area contributed by atoms with Crippen LogP contribution in [0, 0.1) is 11.6 Å². The average Bonchev–Trinajstić information content (AvgIpc) is 2.74. The van der Waals surface area contributed by atoms with Crippen LogP contribution in [0.25, 0.3) is 0 Å². The quantitative estimate of drug-likeness (QED) is 0.632. The van der Waals surface area contributed by atoms with Gasteiger partial charge in [0.2, 0.25) is 0 Å². The number of rotatable bonds is 5. The van der Waals surface area contributed by atoms with Gasteiger partial charge in [-0.2, -0.15) is 0 Å². The number of nitrogens with one attached hydrogen (secondary N) is 1. The SMILES string of the molecule is CN=C(NCCc1cccc(F)c1F)N1CCN(c2ccccc2OC)CC1. The van der Waals surface area contributed by atoms with Crippen molar-refractivity contribution in [2.24, 2.45) is 4.99 Å². The summed E-state index contributed by atoms with van der Waals surface area (Å²) in [4.78, 5) is 8.81. The van der Waals surface area contributed by atoms with E-state index in [-0.39, 0.29) is 0 Å². The summed E-state index contributed by atoms with van der Waals surface area (Å²) >= 11 is 0. The Morgan fingerprint density at radius 3 is 2.54 bits per heavy atom. The molecular weight excluding hydrogens is 362 g/mol. The third-order valence-electron chi connectivity index (χ3n) is 4.93. The van der Waals surface area contributed by atoms with Crippen LogP contribution in [0.4, 0.5) is 14.5 Å². The second-order valence-corrected chi connectivity index (χ2v) is 6.58. The summed E-state index contributed by atoms with van der Waals surface area (Å²) in [5.74, 6) is 0.0612. The summed E-state index contributed by atoms with van der Waals surface area (Å²) in [6.07, 6.45) is 0.393. The van der Waals surface area contributed by atoms with E-state index < -0.39 is 11.6 Å². The van der Waals surface area contributed by atoms with Gasteiger partial charge in [0.05, 0.1) is 12.8 Å². The largest absolute Gasteiger partial charge is 0.495 e. The molecule has 0 aliphatic carbocycles. The number of piperazine rings is 1. The van der Waals surface area contributed by atoms with E-state index in [1.807, 2.05) is 18.2 Å². The van der Waals surface area contributed by atoms with Gasteiger partial charge in [-0.05, 0) is 30.2 Å². The number of para-hydroxylation sites is 2. The zero-order valence-corrected chi connectivity index (χ0v) is 16.3. The summed E-state index contributed by atoms with van der Waals surface area (Å²) < 4.78 is 32.5. The third kappa shape index (κ3) is 4.52. The summed E-state index contributed by atoms with van der Waals surface area (Å²) in [5, 5.41) is 3.26. The Hall–Kier alpha value is -2.83. The number of halogens is 2. The molecule has 1 fully saturated rings. The zero-order valence-electron chi connectivity index (χ0n) is 16.3. The Kier molecular flexibility index (Phi) is 6.68. The van der Waals surface area contributed by atoms with Gasteiger partial charge < -0.3 is 19.9 Å². The molecule has 0 aromatic heterocycles. The van der Waals surface area contributed by atoms with E-state index in [0.29, 0.717) is 18.5 Å². The summed E-state index contributed by atoms with van der Waals surface area (Å²) in [6.45, 7) is 3.80. The van der Waals surface area contributed by atoms with E-state index in [4.69, 9.17) is 4.74 Å². The second-order valence-electron chi connectivity index (χ2n) is 6.58. The van der Waals surface area contributed by atoms with Crippen LogP contribution in [0.15, 0.2) is 47.5 Å². The maximum atomic E-state index is 13.8. The number of hydrogen-bond acceptors (Lipinski definition) is 3. The van der Waals surface area contributed by atoms with E-state index in [1.165, 1.54) is 6.07 Å². The van der Waals surface area contributed by atoms with Crippen LogP contribution in [-0.2, 0) is 6.42 Å². The number of hydrogen-bond donors (Lipinski definition) is 1.